The van der Waals surface area contributed by atoms with Crippen molar-refractivity contribution < 1.29 is 4.74 Å². The van der Waals surface area contributed by atoms with Crippen LogP contribution in [0.5, 0.6) is 5.75 Å². The second-order valence-electron chi connectivity index (χ2n) is 4.16. The van der Waals surface area contributed by atoms with Gasteiger partial charge in [-0.1, -0.05) is 11.6 Å². The Hall–Kier alpha value is -1.40. The molecule has 0 saturated carbocycles. The van der Waals surface area contributed by atoms with E-state index in [0.717, 1.165) is 11.3 Å². The molecule has 1 aromatic carbocycles. The summed E-state index contributed by atoms with van der Waals surface area (Å²) < 4.78 is 5.22. The lowest BCUT2D eigenvalue weighted by Gasteiger charge is -2.21. The molecule has 1 aromatic rings. The van der Waals surface area contributed by atoms with Gasteiger partial charge in [0.2, 0.25) is 0 Å². The van der Waals surface area contributed by atoms with E-state index in [1.54, 1.807) is 27.0 Å². The van der Waals surface area contributed by atoms with E-state index in [2.05, 4.69) is 11.4 Å². The monoisotopic (exact) mass is 238 g/mol. The van der Waals surface area contributed by atoms with Crippen molar-refractivity contribution in [3.05, 3.63) is 22.7 Å². The summed E-state index contributed by atoms with van der Waals surface area (Å²) in [4.78, 5) is 0. The van der Waals surface area contributed by atoms with Gasteiger partial charge in [0.05, 0.1) is 18.9 Å². The van der Waals surface area contributed by atoms with E-state index in [1.807, 2.05) is 13.0 Å². The van der Waals surface area contributed by atoms with E-state index in [4.69, 9.17) is 21.6 Å². The molecule has 16 heavy (non-hydrogen) atoms. The van der Waals surface area contributed by atoms with Crippen molar-refractivity contribution in [1.82, 2.24) is 0 Å². The number of aryl methyl sites for hydroxylation is 1. The van der Waals surface area contributed by atoms with E-state index in [9.17, 15) is 0 Å². The molecular formula is C12H15ClN2O. The summed E-state index contributed by atoms with van der Waals surface area (Å²) in [6, 6.07) is 5.79. The van der Waals surface area contributed by atoms with Gasteiger partial charge in [-0.2, -0.15) is 5.26 Å². The van der Waals surface area contributed by atoms with Crippen LogP contribution in [-0.2, 0) is 0 Å². The first-order valence-corrected chi connectivity index (χ1v) is 5.31. The highest BCUT2D eigenvalue weighted by Gasteiger charge is 2.18. The molecule has 0 unspecified atom stereocenters. The van der Waals surface area contributed by atoms with Gasteiger partial charge in [0.1, 0.15) is 11.3 Å². The first kappa shape index (κ1) is 12.7. The Kier molecular flexibility index (Phi) is 3.66. The van der Waals surface area contributed by atoms with Gasteiger partial charge in [-0.15, -0.1) is 0 Å². The third-order valence-corrected chi connectivity index (χ3v) is 2.61. The number of benzene rings is 1. The highest BCUT2D eigenvalue weighted by Crippen LogP contribution is 2.32. The van der Waals surface area contributed by atoms with Crippen molar-refractivity contribution in [1.29, 1.82) is 5.26 Å². The predicted molar refractivity (Wildman–Crippen MR) is 66.1 cm³/mol. The maximum atomic E-state index is 8.96. The highest BCUT2D eigenvalue weighted by molar-refractivity contribution is 6.31. The molecule has 0 bridgehead atoms. The number of hydrogen-bond donors (Lipinski definition) is 1. The fraction of sp³-hybridized carbons (Fsp3) is 0.417. The molecule has 3 nitrogen and oxygen atoms in total. The normalized spacial score (nSPS) is 10.8. The zero-order chi connectivity index (χ0) is 12.3. The maximum Gasteiger partial charge on any atom is 0.143 e. The summed E-state index contributed by atoms with van der Waals surface area (Å²) >= 11 is 6.00. The van der Waals surface area contributed by atoms with Crippen LogP contribution >= 0.6 is 11.6 Å². The molecular weight excluding hydrogens is 224 g/mol. The molecule has 86 valence electrons. The van der Waals surface area contributed by atoms with Gasteiger partial charge in [0, 0.05) is 11.1 Å². The number of anilines is 1. The molecule has 0 aliphatic rings. The van der Waals surface area contributed by atoms with Gasteiger partial charge >= 0.3 is 0 Å². The molecule has 4 heteroatoms. The fourth-order valence-electron chi connectivity index (χ4n) is 1.29. The molecule has 0 spiro atoms. The van der Waals surface area contributed by atoms with Gasteiger partial charge in [0.25, 0.3) is 0 Å². The van der Waals surface area contributed by atoms with Crippen LogP contribution < -0.4 is 10.1 Å². The first-order chi connectivity index (χ1) is 7.39. The second kappa shape index (κ2) is 4.63. The van der Waals surface area contributed by atoms with Crippen molar-refractivity contribution in [3.8, 4) is 11.8 Å². The average Bonchev–Trinajstić information content (AvgIpc) is 2.22. The van der Waals surface area contributed by atoms with Gasteiger partial charge in [-0.05, 0) is 32.4 Å². The minimum absolute atomic E-state index is 0.638. The Morgan fingerprint density at radius 3 is 2.56 bits per heavy atom. The summed E-state index contributed by atoms with van der Waals surface area (Å²) in [5.41, 5.74) is 1.07. The third kappa shape index (κ3) is 2.80. The van der Waals surface area contributed by atoms with Crippen LogP contribution in [0.15, 0.2) is 12.1 Å². The van der Waals surface area contributed by atoms with Crippen LogP contribution in [0.1, 0.15) is 19.4 Å². The molecule has 0 radical (unpaired) electrons. The van der Waals surface area contributed by atoms with Crippen molar-refractivity contribution in [2.45, 2.75) is 26.3 Å². The van der Waals surface area contributed by atoms with Gasteiger partial charge in [0.15, 0.2) is 0 Å². The second-order valence-corrected chi connectivity index (χ2v) is 4.57. The third-order valence-electron chi connectivity index (χ3n) is 2.21. The summed E-state index contributed by atoms with van der Waals surface area (Å²) in [6.07, 6.45) is 0. The molecule has 0 atom stereocenters. The lowest BCUT2D eigenvalue weighted by atomic mass is 10.1. The first-order valence-electron chi connectivity index (χ1n) is 4.93. The zero-order valence-electron chi connectivity index (χ0n) is 9.89. The topological polar surface area (TPSA) is 45.0 Å². The number of halogens is 1. The number of nitriles is 1. The van der Waals surface area contributed by atoms with Crippen LogP contribution in [0, 0.1) is 18.3 Å². The van der Waals surface area contributed by atoms with Crippen LogP contribution in [-0.4, -0.2) is 12.6 Å². The maximum absolute atomic E-state index is 8.96. The molecule has 0 fully saturated rings. The van der Waals surface area contributed by atoms with Gasteiger partial charge in [-0.25, -0.2) is 0 Å². The van der Waals surface area contributed by atoms with Gasteiger partial charge < -0.3 is 10.1 Å². The van der Waals surface area contributed by atoms with Crippen molar-refractivity contribution in [2.75, 3.05) is 12.4 Å². The minimum Gasteiger partial charge on any atom is -0.495 e. The van der Waals surface area contributed by atoms with E-state index in [-0.39, 0.29) is 0 Å². The molecule has 0 amide bonds. The Labute approximate surface area is 101 Å². The number of methoxy groups -OCH3 is 1. The Morgan fingerprint density at radius 2 is 2.06 bits per heavy atom. The van der Waals surface area contributed by atoms with E-state index in [1.165, 1.54) is 0 Å². The average molecular weight is 239 g/mol. The molecule has 0 saturated heterocycles. The standard InChI is InChI=1S/C12H15ClN2O/c1-8-5-10(15-12(2,3)7-14)11(16-4)6-9(8)13/h5-6,15H,1-4H3. The highest BCUT2D eigenvalue weighted by atomic mass is 35.5. The van der Waals surface area contributed by atoms with Gasteiger partial charge in [-0.3, -0.25) is 0 Å². The summed E-state index contributed by atoms with van der Waals surface area (Å²) in [6.45, 7) is 5.51. The number of ether oxygens (including phenoxy) is 1. The van der Waals surface area contributed by atoms with E-state index >= 15 is 0 Å². The van der Waals surface area contributed by atoms with Crippen LogP contribution in [0.2, 0.25) is 5.02 Å². The van der Waals surface area contributed by atoms with Crippen LogP contribution in [0.4, 0.5) is 5.69 Å². The van der Waals surface area contributed by atoms with Crippen LogP contribution in [0.25, 0.3) is 0 Å². The molecule has 1 N–H and O–H groups in total. The Bertz CT molecular complexity index is 435. The quantitative estimate of drug-likeness (QED) is 0.878. The molecule has 1 rings (SSSR count). The number of hydrogen-bond acceptors (Lipinski definition) is 3. The molecule has 0 aliphatic carbocycles. The summed E-state index contributed by atoms with van der Waals surface area (Å²) in [5.74, 6) is 0.638. The minimum atomic E-state index is -0.645. The van der Waals surface area contributed by atoms with E-state index in [0.29, 0.717) is 10.8 Å². The molecule has 0 aliphatic heterocycles. The predicted octanol–water partition coefficient (Wildman–Crippen LogP) is 3.37. The largest absolute Gasteiger partial charge is 0.495 e. The van der Waals surface area contributed by atoms with Crippen LogP contribution in [0.3, 0.4) is 0 Å². The fourth-order valence-corrected chi connectivity index (χ4v) is 1.45. The SMILES string of the molecule is COc1cc(Cl)c(C)cc1NC(C)(C)C#N. The van der Waals surface area contributed by atoms with E-state index < -0.39 is 5.54 Å². The zero-order valence-corrected chi connectivity index (χ0v) is 10.6. The Balaban J connectivity index is 3.14. The van der Waals surface area contributed by atoms with Crippen molar-refractivity contribution in [2.24, 2.45) is 0 Å². The summed E-state index contributed by atoms with van der Waals surface area (Å²) in [5, 5.41) is 12.7. The number of nitrogens with zero attached hydrogens (tertiary/aromatic N) is 1. The van der Waals surface area contributed by atoms with Crippen molar-refractivity contribution in [3.63, 3.8) is 0 Å². The lowest BCUT2D eigenvalue weighted by Crippen LogP contribution is -2.28. The molecule has 0 heterocycles. The van der Waals surface area contributed by atoms with Crippen molar-refractivity contribution >= 4 is 17.3 Å². The number of nitrogens with one attached hydrogen (secondary N) is 1. The lowest BCUT2D eigenvalue weighted by molar-refractivity contribution is 0.415. The number of rotatable bonds is 3. The molecule has 0 aromatic heterocycles. The summed E-state index contributed by atoms with van der Waals surface area (Å²) in [7, 11) is 1.57. The smallest absolute Gasteiger partial charge is 0.143 e. The Morgan fingerprint density at radius 1 is 1.44 bits per heavy atom.